The number of ether oxygens (including phenoxy) is 5. The second-order valence-electron chi connectivity index (χ2n) is 6.32. The molecule has 0 aliphatic carbocycles. The van der Waals surface area contributed by atoms with Crippen LogP contribution in [0.2, 0.25) is 0 Å². The number of rotatable bonds is 12. The van der Waals surface area contributed by atoms with Crippen molar-refractivity contribution in [1.82, 2.24) is 0 Å². The summed E-state index contributed by atoms with van der Waals surface area (Å²) in [4.78, 5) is 11.5. The van der Waals surface area contributed by atoms with Crippen molar-refractivity contribution in [2.24, 2.45) is 0 Å². The fourth-order valence-corrected chi connectivity index (χ4v) is 2.52. The van der Waals surface area contributed by atoms with E-state index in [0.717, 1.165) is 5.56 Å². The Hall–Kier alpha value is -3.06. The molecule has 0 fully saturated rings. The molecule has 30 heavy (non-hydrogen) atoms. The lowest BCUT2D eigenvalue weighted by molar-refractivity contribution is -0.139. The van der Waals surface area contributed by atoms with Crippen LogP contribution in [0.5, 0.6) is 17.2 Å². The summed E-state index contributed by atoms with van der Waals surface area (Å²) in [5, 5.41) is 0. The predicted octanol–water partition coefficient (Wildman–Crippen LogP) is 4.41. The van der Waals surface area contributed by atoms with E-state index < -0.39 is 11.8 Å². The zero-order valence-electron chi connectivity index (χ0n) is 17.5. The summed E-state index contributed by atoms with van der Waals surface area (Å²) in [6, 6.07) is 10.3. The molecular weight excluding hydrogens is 391 g/mol. The summed E-state index contributed by atoms with van der Waals surface area (Å²) in [6.07, 6.45) is 0. The summed E-state index contributed by atoms with van der Waals surface area (Å²) in [5.41, 5.74) is 1.69. The smallest absolute Gasteiger partial charge is 0.333 e. The molecule has 0 aliphatic heterocycles. The van der Waals surface area contributed by atoms with Crippen molar-refractivity contribution in [3.63, 3.8) is 0 Å². The standard InChI is InChI=1S/C23H27FO6/c1-5-27-10-11-29-22-20(24)14-18(17-6-8-19(26-4)9-7-17)15-21(22)28-12-13-30-23(25)16(2)3/h6-9,14-15H,2,5,10-13H2,1,3-4H3. The number of halogens is 1. The van der Waals surface area contributed by atoms with E-state index >= 15 is 0 Å². The van der Waals surface area contributed by atoms with Crippen LogP contribution in [0.15, 0.2) is 48.6 Å². The van der Waals surface area contributed by atoms with Gasteiger partial charge in [0, 0.05) is 12.2 Å². The number of esters is 1. The molecule has 0 atom stereocenters. The maximum absolute atomic E-state index is 14.8. The third kappa shape index (κ3) is 6.77. The molecule has 0 saturated heterocycles. The van der Waals surface area contributed by atoms with Gasteiger partial charge >= 0.3 is 5.97 Å². The van der Waals surface area contributed by atoms with Gasteiger partial charge in [-0.1, -0.05) is 18.7 Å². The first kappa shape index (κ1) is 23.2. The Morgan fingerprint density at radius 1 is 1.00 bits per heavy atom. The fourth-order valence-electron chi connectivity index (χ4n) is 2.52. The first-order valence-corrected chi connectivity index (χ1v) is 9.60. The third-order valence-corrected chi connectivity index (χ3v) is 4.03. The molecule has 0 amide bonds. The minimum atomic E-state index is -0.561. The zero-order chi connectivity index (χ0) is 21.9. The highest BCUT2D eigenvalue weighted by Gasteiger charge is 2.16. The highest BCUT2D eigenvalue weighted by Crippen LogP contribution is 2.36. The second kappa shape index (κ2) is 11.8. The predicted molar refractivity (Wildman–Crippen MR) is 112 cm³/mol. The van der Waals surface area contributed by atoms with Crippen LogP contribution in [0.1, 0.15) is 13.8 Å². The van der Waals surface area contributed by atoms with Crippen LogP contribution in [0.4, 0.5) is 4.39 Å². The van der Waals surface area contributed by atoms with Gasteiger partial charge in [0.25, 0.3) is 0 Å². The normalized spacial score (nSPS) is 10.4. The molecule has 0 radical (unpaired) electrons. The summed E-state index contributed by atoms with van der Waals surface area (Å²) >= 11 is 0. The lowest BCUT2D eigenvalue weighted by Gasteiger charge is -2.16. The van der Waals surface area contributed by atoms with E-state index in [-0.39, 0.29) is 31.3 Å². The number of methoxy groups -OCH3 is 1. The van der Waals surface area contributed by atoms with E-state index in [9.17, 15) is 9.18 Å². The van der Waals surface area contributed by atoms with Gasteiger partial charge in [-0.2, -0.15) is 0 Å². The molecule has 2 aromatic rings. The molecule has 2 rings (SSSR count). The Morgan fingerprint density at radius 3 is 2.33 bits per heavy atom. The summed E-state index contributed by atoms with van der Waals surface area (Å²) in [7, 11) is 1.58. The molecule has 6 nitrogen and oxygen atoms in total. The van der Waals surface area contributed by atoms with Crippen LogP contribution in [0, 0.1) is 5.82 Å². The van der Waals surface area contributed by atoms with Gasteiger partial charge in [-0.25, -0.2) is 9.18 Å². The molecule has 0 unspecified atom stereocenters. The molecule has 0 bridgehead atoms. The van der Waals surface area contributed by atoms with E-state index in [1.165, 1.54) is 6.07 Å². The van der Waals surface area contributed by atoms with Gasteiger partial charge in [0.1, 0.15) is 25.6 Å². The Labute approximate surface area is 176 Å². The quantitative estimate of drug-likeness (QED) is 0.289. The Balaban J connectivity index is 2.19. The van der Waals surface area contributed by atoms with Crippen LogP contribution < -0.4 is 14.2 Å². The fraction of sp³-hybridized carbons (Fsp3) is 0.348. The molecular formula is C23H27FO6. The van der Waals surface area contributed by atoms with Crippen LogP contribution in [0.3, 0.4) is 0 Å². The molecule has 0 N–H and O–H groups in total. The van der Waals surface area contributed by atoms with Crippen molar-refractivity contribution < 1.29 is 32.9 Å². The molecule has 0 spiro atoms. The van der Waals surface area contributed by atoms with Gasteiger partial charge in [0.15, 0.2) is 17.3 Å². The third-order valence-electron chi connectivity index (χ3n) is 4.03. The van der Waals surface area contributed by atoms with E-state index in [1.54, 1.807) is 32.2 Å². The highest BCUT2D eigenvalue weighted by atomic mass is 19.1. The van der Waals surface area contributed by atoms with Crippen molar-refractivity contribution in [3.8, 4) is 28.4 Å². The first-order chi connectivity index (χ1) is 14.5. The number of carbonyl (C=O) groups excluding carboxylic acids is 1. The Kier molecular flexibility index (Phi) is 9.15. The maximum Gasteiger partial charge on any atom is 0.333 e. The van der Waals surface area contributed by atoms with Crippen LogP contribution in [0.25, 0.3) is 11.1 Å². The van der Waals surface area contributed by atoms with Crippen molar-refractivity contribution in [2.75, 3.05) is 40.1 Å². The van der Waals surface area contributed by atoms with Crippen LogP contribution in [-0.4, -0.2) is 46.1 Å². The van der Waals surface area contributed by atoms with Crippen LogP contribution in [-0.2, 0) is 14.3 Å². The second-order valence-corrected chi connectivity index (χ2v) is 6.32. The highest BCUT2D eigenvalue weighted by molar-refractivity contribution is 5.86. The summed E-state index contributed by atoms with van der Waals surface area (Å²) in [5.74, 6) is -0.175. The largest absolute Gasteiger partial charge is 0.497 e. The molecule has 0 heterocycles. The van der Waals surface area contributed by atoms with Gasteiger partial charge in [0.05, 0.1) is 13.7 Å². The van der Waals surface area contributed by atoms with Gasteiger partial charge in [0.2, 0.25) is 0 Å². The molecule has 162 valence electrons. The molecule has 0 aromatic heterocycles. The first-order valence-electron chi connectivity index (χ1n) is 9.60. The van der Waals surface area contributed by atoms with E-state index in [2.05, 4.69) is 6.58 Å². The number of carbonyl (C=O) groups is 1. The van der Waals surface area contributed by atoms with Gasteiger partial charge in [-0.3, -0.25) is 0 Å². The number of hydrogen-bond acceptors (Lipinski definition) is 6. The number of hydrogen-bond donors (Lipinski definition) is 0. The minimum Gasteiger partial charge on any atom is -0.497 e. The molecule has 2 aromatic carbocycles. The molecule has 7 heteroatoms. The molecule has 0 aliphatic rings. The van der Waals surface area contributed by atoms with Crippen LogP contribution >= 0.6 is 0 Å². The van der Waals surface area contributed by atoms with E-state index in [1.807, 2.05) is 19.1 Å². The minimum absolute atomic E-state index is 0.00153. The van der Waals surface area contributed by atoms with E-state index in [4.69, 9.17) is 23.7 Å². The number of benzene rings is 2. The van der Waals surface area contributed by atoms with Gasteiger partial charge in [-0.15, -0.1) is 0 Å². The van der Waals surface area contributed by atoms with Crippen molar-refractivity contribution in [3.05, 3.63) is 54.4 Å². The molecule has 0 saturated carbocycles. The average Bonchev–Trinajstić information content (AvgIpc) is 2.75. The monoisotopic (exact) mass is 418 g/mol. The lowest BCUT2D eigenvalue weighted by Crippen LogP contribution is -2.14. The average molecular weight is 418 g/mol. The summed E-state index contributed by atoms with van der Waals surface area (Å²) in [6.45, 7) is 8.01. The van der Waals surface area contributed by atoms with Crippen molar-refractivity contribution in [2.45, 2.75) is 13.8 Å². The van der Waals surface area contributed by atoms with Crippen molar-refractivity contribution >= 4 is 5.97 Å². The SMILES string of the molecule is C=C(C)C(=O)OCCOc1cc(-c2ccc(OC)cc2)cc(F)c1OCCOCC. The van der Waals surface area contributed by atoms with Crippen molar-refractivity contribution in [1.29, 1.82) is 0 Å². The Bertz CT molecular complexity index is 848. The summed E-state index contributed by atoms with van der Waals surface area (Å²) < 4.78 is 41.5. The Morgan fingerprint density at radius 2 is 1.70 bits per heavy atom. The maximum atomic E-state index is 14.8. The lowest BCUT2D eigenvalue weighted by atomic mass is 10.0. The zero-order valence-corrected chi connectivity index (χ0v) is 17.5. The van der Waals surface area contributed by atoms with Gasteiger partial charge < -0.3 is 23.7 Å². The van der Waals surface area contributed by atoms with Gasteiger partial charge in [-0.05, 0) is 49.2 Å². The van der Waals surface area contributed by atoms with E-state index in [0.29, 0.717) is 30.1 Å². The topological polar surface area (TPSA) is 63.2 Å².